The lowest BCUT2D eigenvalue weighted by Gasteiger charge is -2.07. The van der Waals surface area contributed by atoms with Gasteiger partial charge in [-0.15, -0.1) is 11.3 Å². The van der Waals surface area contributed by atoms with E-state index < -0.39 is 24.5 Å². The number of carbonyl (C=O) groups is 3. The standard InChI is InChI=1S/C16H18N2O5S/c1-9-10(2)24-14(13(9)16(21)22-4)17-12(19)8-23-15(20)11-6-5-7-18(11)3/h5-7H,8H2,1-4H3,(H,17,19). The molecule has 0 aromatic carbocycles. The number of aromatic nitrogens is 1. The van der Waals surface area contributed by atoms with Crippen LogP contribution in [-0.2, 0) is 21.3 Å². The van der Waals surface area contributed by atoms with Gasteiger partial charge >= 0.3 is 11.9 Å². The van der Waals surface area contributed by atoms with Crippen molar-refractivity contribution in [3.05, 3.63) is 40.0 Å². The minimum absolute atomic E-state index is 0.321. The second-order valence-corrected chi connectivity index (χ2v) is 6.33. The third-order valence-corrected chi connectivity index (χ3v) is 4.64. The molecule has 8 heteroatoms. The maximum atomic E-state index is 12.0. The van der Waals surface area contributed by atoms with Crippen molar-refractivity contribution in [2.24, 2.45) is 7.05 Å². The highest BCUT2D eigenvalue weighted by atomic mass is 32.1. The fraction of sp³-hybridized carbons (Fsp3) is 0.312. The predicted octanol–water partition coefficient (Wildman–Crippen LogP) is 2.29. The molecule has 0 aliphatic heterocycles. The lowest BCUT2D eigenvalue weighted by atomic mass is 10.1. The van der Waals surface area contributed by atoms with Crippen molar-refractivity contribution in [1.82, 2.24) is 4.57 Å². The van der Waals surface area contributed by atoms with Crippen molar-refractivity contribution in [3.63, 3.8) is 0 Å². The maximum absolute atomic E-state index is 12.0. The highest BCUT2D eigenvalue weighted by Gasteiger charge is 2.22. The summed E-state index contributed by atoms with van der Waals surface area (Å²) in [6.07, 6.45) is 1.70. The number of rotatable bonds is 5. The van der Waals surface area contributed by atoms with Crippen LogP contribution in [0.3, 0.4) is 0 Å². The van der Waals surface area contributed by atoms with Gasteiger partial charge in [0.25, 0.3) is 5.91 Å². The van der Waals surface area contributed by atoms with E-state index >= 15 is 0 Å². The molecule has 0 saturated heterocycles. The van der Waals surface area contributed by atoms with E-state index in [9.17, 15) is 14.4 Å². The molecule has 0 aliphatic rings. The summed E-state index contributed by atoms with van der Waals surface area (Å²) in [7, 11) is 2.98. The molecule has 2 heterocycles. The Morgan fingerprint density at radius 1 is 1.25 bits per heavy atom. The van der Waals surface area contributed by atoms with Gasteiger partial charge in [0.15, 0.2) is 6.61 Å². The summed E-state index contributed by atoms with van der Waals surface area (Å²) < 4.78 is 11.3. The van der Waals surface area contributed by atoms with E-state index in [4.69, 9.17) is 9.47 Å². The summed E-state index contributed by atoms with van der Waals surface area (Å²) in [6, 6.07) is 3.30. The molecule has 0 spiro atoms. The molecule has 2 aromatic rings. The first-order chi connectivity index (χ1) is 11.3. The third-order valence-electron chi connectivity index (χ3n) is 3.52. The number of carbonyl (C=O) groups excluding carboxylic acids is 3. The molecule has 0 unspecified atom stereocenters. The number of ether oxygens (including phenoxy) is 2. The molecule has 7 nitrogen and oxygen atoms in total. The van der Waals surface area contributed by atoms with E-state index in [1.807, 2.05) is 6.92 Å². The fourth-order valence-corrected chi connectivity index (χ4v) is 3.17. The third kappa shape index (κ3) is 3.65. The Kier molecular flexibility index (Phi) is 5.40. The molecule has 1 N–H and O–H groups in total. The van der Waals surface area contributed by atoms with E-state index in [-0.39, 0.29) is 0 Å². The summed E-state index contributed by atoms with van der Waals surface area (Å²) in [5.74, 6) is -1.64. The van der Waals surface area contributed by atoms with Gasteiger partial charge < -0.3 is 19.4 Å². The van der Waals surface area contributed by atoms with E-state index in [1.165, 1.54) is 18.4 Å². The summed E-state index contributed by atoms with van der Waals surface area (Å²) in [6.45, 7) is 3.18. The van der Waals surface area contributed by atoms with Gasteiger partial charge in [0.05, 0.1) is 12.7 Å². The first-order valence-electron chi connectivity index (χ1n) is 7.11. The van der Waals surface area contributed by atoms with Gasteiger partial charge in [-0.05, 0) is 31.5 Å². The average molecular weight is 350 g/mol. The highest BCUT2D eigenvalue weighted by Crippen LogP contribution is 2.32. The predicted molar refractivity (Wildman–Crippen MR) is 89.5 cm³/mol. The van der Waals surface area contributed by atoms with Crippen molar-refractivity contribution in [2.45, 2.75) is 13.8 Å². The normalized spacial score (nSPS) is 10.3. The monoisotopic (exact) mass is 350 g/mol. The van der Waals surface area contributed by atoms with Gasteiger partial charge in [-0.25, -0.2) is 9.59 Å². The van der Waals surface area contributed by atoms with Gasteiger partial charge in [0, 0.05) is 18.1 Å². The zero-order valence-electron chi connectivity index (χ0n) is 13.8. The number of anilines is 1. The smallest absolute Gasteiger partial charge is 0.355 e. The van der Waals surface area contributed by atoms with Gasteiger partial charge in [-0.3, -0.25) is 4.79 Å². The molecule has 2 rings (SSSR count). The zero-order chi connectivity index (χ0) is 17.9. The number of hydrogen-bond donors (Lipinski definition) is 1. The Morgan fingerprint density at radius 2 is 1.96 bits per heavy atom. The molecular weight excluding hydrogens is 332 g/mol. The van der Waals surface area contributed by atoms with E-state index in [0.717, 1.165) is 10.4 Å². The number of aryl methyl sites for hydroxylation is 2. The van der Waals surface area contributed by atoms with Gasteiger partial charge in [0.1, 0.15) is 10.7 Å². The van der Waals surface area contributed by atoms with Crippen molar-refractivity contribution >= 4 is 34.2 Å². The van der Waals surface area contributed by atoms with Crippen LogP contribution < -0.4 is 5.32 Å². The van der Waals surface area contributed by atoms with Crippen molar-refractivity contribution < 1.29 is 23.9 Å². The van der Waals surface area contributed by atoms with Gasteiger partial charge in [0.2, 0.25) is 0 Å². The minimum Gasteiger partial charge on any atom is -0.465 e. The van der Waals surface area contributed by atoms with Crippen LogP contribution in [0.15, 0.2) is 18.3 Å². The number of nitrogens with zero attached hydrogens (tertiary/aromatic N) is 1. The molecule has 0 saturated carbocycles. The van der Waals surface area contributed by atoms with Crippen LogP contribution in [-0.4, -0.2) is 36.1 Å². The SMILES string of the molecule is COC(=O)c1c(NC(=O)COC(=O)c2cccn2C)sc(C)c1C. The summed E-state index contributed by atoms with van der Waals surface area (Å²) >= 11 is 1.27. The second-order valence-electron chi connectivity index (χ2n) is 5.11. The molecule has 128 valence electrons. The topological polar surface area (TPSA) is 86.6 Å². The Bertz CT molecular complexity index is 790. The first kappa shape index (κ1) is 17.7. The molecule has 0 bridgehead atoms. The van der Waals surface area contributed by atoms with Crippen LogP contribution in [0.1, 0.15) is 31.3 Å². The lowest BCUT2D eigenvalue weighted by Crippen LogP contribution is -2.22. The summed E-state index contributed by atoms with van der Waals surface area (Å²) in [5.41, 5.74) is 1.42. The van der Waals surface area contributed by atoms with Crippen molar-refractivity contribution in [1.29, 1.82) is 0 Å². The Labute approximate surface area is 143 Å². The molecule has 24 heavy (non-hydrogen) atoms. The molecule has 0 atom stereocenters. The van der Waals surface area contributed by atoms with Crippen LogP contribution in [0.25, 0.3) is 0 Å². The largest absolute Gasteiger partial charge is 0.465 e. The van der Waals surface area contributed by atoms with E-state index in [1.54, 1.807) is 36.9 Å². The number of thiophene rings is 1. The van der Waals surface area contributed by atoms with Crippen LogP contribution in [0.4, 0.5) is 5.00 Å². The minimum atomic E-state index is -0.593. The molecule has 0 fully saturated rings. The maximum Gasteiger partial charge on any atom is 0.355 e. The van der Waals surface area contributed by atoms with E-state index in [2.05, 4.69) is 5.32 Å². The number of amides is 1. The quantitative estimate of drug-likeness (QED) is 0.836. The molecule has 0 radical (unpaired) electrons. The number of nitrogens with one attached hydrogen (secondary N) is 1. The zero-order valence-corrected chi connectivity index (χ0v) is 14.7. The van der Waals surface area contributed by atoms with Gasteiger partial charge in [-0.1, -0.05) is 0 Å². The molecule has 2 aromatic heterocycles. The Balaban J connectivity index is 2.03. The molecule has 1 amide bonds. The summed E-state index contributed by atoms with van der Waals surface area (Å²) in [4.78, 5) is 36.6. The second kappa shape index (κ2) is 7.31. The molecule has 0 aliphatic carbocycles. The van der Waals surface area contributed by atoms with Crippen LogP contribution >= 0.6 is 11.3 Å². The molecular formula is C16H18N2O5S. The van der Waals surface area contributed by atoms with Crippen molar-refractivity contribution in [3.8, 4) is 0 Å². The van der Waals surface area contributed by atoms with Crippen LogP contribution in [0, 0.1) is 13.8 Å². The van der Waals surface area contributed by atoms with Crippen LogP contribution in [0.5, 0.6) is 0 Å². The lowest BCUT2D eigenvalue weighted by molar-refractivity contribution is -0.119. The number of methoxy groups -OCH3 is 1. The van der Waals surface area contributed by atoms with Crippen LogP contribution in [0.2, 0.25) is 0 Å². The van der Waals surface area contributed by atoms with Gasteiger partial charge in [-0.2, -0.15) is 0 Å². The highest BCUT2D eigenvalue weighted by molar-refractivity contribution is 7.16. The Hall–Kier alpha value is -2.61. The van der Waals surface area contributed by atoms with Crippen molar-refractivity contribution in [2.75, 3.05) is 19.0 Å². The first-order valence-corrected chi connectivity index (χ1v) is 7.93. The number of hydrogen-bond acceptors (Lipinski definition) is 6. The Morgan fingerprint density at radius 3 is 2.54 bits per heavy atom. The fourth-order valence-electron chi connectivity index (χ4n) is 2.10. The average Bonchev–Trinajstić information content (AvgIpc) is 3.08. The van der Waals surface area contributed by atoms with E-state index in [0.29, 0.717) is 16.3 Å². The number of esters is 2. The summed E-state index contributed by atoms with van der Waals surface area (Å²) in [5, 5.41) is 2.98.